The second kappa shape index (κ2) is 6.89. The van der Waals surface area contributed by atoms with Crippen molar-refractivity contribution in [3.63, 3.8) is 0 Å². The summed E-state index contributed by atoms with van der Waals surface area (Å²) in [6, 6.07) is 3.56. The number of anilines is 2. The Labute approximate surface area is 151 Å². The molecule has 2 heterocycles. The number of alkyl halides is 3. The molecule has 0 unspecified atom stereocenters. The highest BCUT2D eigenvalue weighted by Crippen LogP contribution is 2.32. The van der Waals surface area contributed by atoms with Crippen LogP contribution >= 0.6 is 0 Å². The lowest BCUT2D eigenvalue weighted by atomic mass is 10.0. The number of fused-ring (bicyclic) bond motifs is 1. The summed E-state index contributed by atoms with van der Waals surface area (Å²) < 4.78 is 38.1. The van der Waals surface area contributed by atoms with E-state index in [0.29, 0.717) is 16.2 Å². The smallest absolute Gasteiger partial charge is 0.325 e. The van der Waals surface area contributed by atoms with Crippen molar-refractivity contribution in [2.75, 3.05) is 29.9 Å². The third-order valence-corrected chi connectivity index (χ3v) is 4.10. The minimum atomic E-state index is -4.52. The van der Waals surface area contributed by atoms with Crippen molar-refractivity contribution < 1.29 is 32.3 Å². The number of amides is 5. The molecule has 11 heteroatoms. The van der Waals surface area contributed by atoms with Gasteiger partial charge in [-0.15, -0.1) is 0 Å². The van der Waals surface area contributed by atoms with E-state index < -0.39 is 36.5 Å². The summed E-state index contributed by atoms with van der Waals surface area (Å²) in [6.07, 6.45) is -4.32. The normalized spacial score (nSPS) is 17.1. The first-order chi connectivity index (χ1) is 12.6. The van der Waals surface area contributed by atoms with E-state index in [1.54, 1.807) is 0 Å². The molecule has 8 nitrogen and oxygen atoms in total. The molecule has 2 aliphatic heterocycles. The highest BCUT2D eigenvalue weighted by Gasteiger charge is 2.36. The number of nitrogens with zero attached hydrogens (tertiary/aromatic N) is 2. The Morgan fingerprint density at radius 3 is 2.56 bits per heavy atom. The maximum Gasteiger partial charge on any atom is 0.406 e. The zero-order valence-electron chi connectivity index (χ0n) is 13.9. The predicted octanol–water partition coefficient (Wildman–Crippen LogP) is 1.02. The van der Waals surface area contributed by atoms with Crippen LogP contribution in [0.5, 0.6) is 0 Å². The van der Waals surface area contributed by atoms with Gasteiger partial charge in [-0.1, -0.05) is 0 Å². The second-order valence-corrected chi connectivity index (χ2v) is 6.20. The molecule has 3 rings (SSSR count). The van der Waals surface area contributed by atoms with Crippen molar-refractivity contribution in [1.29, 1.82) is 0 Å². The number of rotatable bonds is 4. The zero-order valence-corrected chi connectivity index (χ0v) is 13.9. The lowest BCUT2D eigenvalue weighted by Gasteiger charge is -2.30. The van der Waals surface area contributed by atoms with E-state index in [4.69, 9.17) is 0 Å². The molecule has 144 valence electrons. The molecule has 1 saturated heterocycles. The average molecular weight is 384 g/mol. The number of hydrogen-bond donors (Lipinski definition) is 2. The topological polar surface area (TPSA) is 98.8 Å². The molecule has 0 atom stereocenters. The van der Waals surface area contributed by atoms with E-state index in [1.807, 2.05) is 5.32 Å². The molecule has 0 aromatic heterocycles. The molecule has 0 spiro atoms. The monoisotopic (exact) mass is 384 g/mol. The van der Waals surface area contributed by atoms with Gasteiger partial charge in [-0.2, -0.15) is 13.2 Å². The van der Waals surface area contributed by atoms with Crippen molar-refractivity contribution in [1.82, 2.24) is 10.2 Å². The first kappa shape index (κ1) is 18.7. The number of hydrogen-bond acceptors (Lipinski definition) is 4. The molecule has 0 bridgehead atoms. The van der Waals surface area contributed by atoms with Gasteiger partial charge in [0.2, 0.25) is 17.7 Å². The lowest BCUT2D eigenvalue weighted by Crippen LogP contribution is -2.41. The second-order valence-electron chi connectivity index (χ2n) is 6.20. The standard InChI is InChI=1S/C16H15F3N4O4/c17-16(18,19)8-23-11-3-2-10(5-9(11)1-4-14(23)26)20-12(24)6-22-7-13(25)21-15(22)27/h2-3,5H,1,4,6-8H2,(H,20,24)(H,21,25,27). The van der Waals surface area contributed by atoms with Crippen molar-refractivity contribution in [2.24, 2.45) is 0 Å². The van der Waals surface area contributed by atoms with Crippen LogP contribution in [0.4, 0.5) is 29.3 Å². The maximum atomic E-state index is 12.7. The molecule has 27 heavy (non-hydrogen) atoms. The van der Waals surface area contributed by atoms with E-state index >= 15 is 0 Å². The van der Waals surface area contributed by atoms with Gasteiger partial charge >= 0.3 is 12.2 Å². The number of carbonyl (C=O) groups excluding carboxylic acids is 4. The van der Waals surface area contributed by atoms with Crippen molar-refractivity contribution >= 4 is 35.1 Å². The number of carbonyl (C=O) groups is 4. The minimum Gasteiger partial charge on any atom is -0.325 e. The van der Waals surface area contributed by atoms with Gasteiger partial charge in [-0.05, 0) is 30.2 Å². The summed E-state index contributed by atoms with van der Waals surface area (Å²) in [5, 5.41) is 4.57. The highest BCUT2D eigenvalue weighted by atomic mass is 19.4. The lowest BCUT2D eigenvalue weighted by molar-refractivity contribution is -0.132. The van der Waals surface area contributed by atoms with Gasteiger partial charge in [-0.3, -0.25) is 19.7 Å². The Morgan fingerprint density at radius 2 is 1.93 bits per heavy atom. The SMILES string of the molecule is O=C1CN(CC(=O)Nc2ccc3c(c2)CCC(=O)N3CC(F)(F)F)C(=O)N1. The van der Waals surface area contributed by atoms with E-state index in [1.165, 1.54) is 18.2 Å². The third kappa shape index (κ3) is 4.36. The van der Waals surface area contributed by atoms with E-state index in [-0.39, 0.29) is 31.6 Å². The Morgan fingerprint density at radius 1 is 1.19 bits per heavy atom. The van der Waals surface area contributed by atoms with Crippen LogP contribution in [-0.4, -0.2) is 54.5 Å². The van der Waals surface area contributed by atoms with Gasteiger partial charge < -0.3 is 15.1 Å². The molecule has 1 aromatic carbocycles. The van der Waals surface area contributed by atoms with Crippen LogP contribution < -0.4 is 15.5 Å². The van der Waals surface area contributed by atoms with Gasteiger partial charge in [0.25, 0.3) is 0 Å². The van der Waals surface area contributed by atoms with Crippen LogP contribution in [-0.2, 0) is 20.8 Å². The van der Waals surface area contributed by atoms with Gasteiger partial charge in [0, 0.05) is 17.8 Å². The number of halogens is 3. The molecule has 2 N–H and O–H groups in total. The first-order valence-electron chi connectivity index (χ1n) is 8.01. The van der Waals surface area contributed by atoms with E-state index in [9.17, 15) is 32.3 Å². The van der Waals surface area contributed by atoms with E-state index in [0.717, 1.165) is 4.90 Å². The molecule has 0 saturated carbocycles. The van der Waals surface area contributed by atoms with Crippen LogP contribution in [0.2, 0.25) is 0 Å². The molecule has 0 aliphatic carbocycles. The molecule has 5 amide bonds. The van der Waals surface area contributed by atoms with E-state index in [2.05, 4.69) is 5.32 Å². The Bertz CT molecular complexity index is 824. The van der Waals surface area contributed by atoms with Gasteiger partial charge in [0.05, 0.1) is 0 Å². The fourth-order valence-corrected chi connectivity index (χ4v) is 2.97. The molecule has 1 aromatic rings. The van der Waals surface area contributed by atoms with Crippen molar-refractivity contribution in [3.8, 4) is 0 Å². The van der Waals surface area contributed by atoms with Crippen molar-refractivity contribution in [2.45, 2.75) is 19.0 Å². The van der Waals surface area contributed by atoms with Gasteiger partial charge in [0.15, 0.2) is 0 Å². The molecule has 1 fully saturated rings. The fourth-order valence-electron chi connectivity index (χ4n) is 2.97. The minimum absolute atomic E-state index is 0.0590. The summed E-state index contributed by atoms with van der Waals surface area (Å²) in [4.78, 5) is 48.1. The Balaban J connectivity index is 1.70. The Kier molecular flexibility index (Phi) is 4.77. The molecule has 2 aliphatic rings. The maximum absolute atomic E-state index is 12.7. The van der Waals surface area contributed by atoms with Crippen LogP contribution in [0, 0.1) is 0 Å². The summed E-state index contributed by atoms with van der Waals surface area (Å²) in [6.45, 7) is -1.93. The fraction of sp³-hybridized carbons (Fsp3) is 0.375. The molecular formula is C16H15F3N4O4. The van der Waals surface area contributed by atoms with Crippen molar-refractivity contribution in [3.05, 3.63) is 23.8 Å². The largest absolute Gasteiger partial charge is 0.406 e. The van der Waals surface area contributed by atoms with Crippen LogP contribution in [0.1, 0.15) is 12.0 Å². The van der Waals surface area contributed by atoms with Crippen LogP contribution in [0.3, 0.4) is 0 Å². The van der Waals surface area contributed by atoms with Crippen LogP contribution in [0.15, 0.2) is 18.2 Å². The number of urea groups is 1. The predicted molar refractivity (Wildman–Crippen MR) is 86.9 cm³/mol. The molecule has 0 radical (unpaired) electrons. The van der Waals surface area contributed by atoms with Crippen LogP contribution in [0.25, 0.3) is 0 Å². The zero-order chi connectivity index (χ0) is 19.8. The highest BCUT2D eigenvalue weighted by molar-refractivity contribution is 6.04. The number of benzene rings is 1. The van der Waals surface area contributed by atoms with Gasteiger partial charge in [-0.25, -0.2) is 4.79 Å². The number of imide groups is 1. The Hall–Kier alpha value is -3.11. The number of aryl methyl sites for hydroxylation is 1. The summed E-state index contributed by atoms with van der Waals surface area (Å²) in [7, 11) is 0. The molecular weight excluding hydrogens is 369 g/mol. The quantitative estimate of drug-likeness (QED) is 0.758. The summed E-state index contributed by atoms with van der Waals surface area (Å²) in [5.74, 6) is -1.67. The average Bonchev–Trinajstić information content (AvgIpc) is 2.86. The number of nitrogens with one attached hydrogen (secondary N) is 2. The van der Waals surface area contributed by atoms with Gasteiger partial charge in [0.1, 0.15) is 19.6 Å². The summed E-state index contributed by atoms with van der Waals surface area (Å²) >= 11 is 0. The third-order valence-electron chi connectivity index (χ3n) is 4.10. The first-order valence-corrected chi connectivity index (χ1v) is 8.01. The summed E-state index contributed by atoms with van der Waals surface area (Å²) in [5.41, 5.74) is 0.989.